The first kappa shape index (κ1) is 14.0. The quantitative estimate of drug-likeness (QED) is 0.671. The maximum atomic E-state index is 11.5. The highest BCUT2D eigenvalue weighted by Gasteiger charge is 2.30. The van der Waals surface area contributed by atoms with Gasteiger partial charge in [0.05, 0.1) is 6.10 Å². The molecular formula is C12H21NO4. The molecule has 0 aromatic rings. The number of carboxylic acid groups (broad SMARTS) is 1. The second-order valence-corrected chi connectivity index (χ2v) is 4.67. The second-order valence-electron chi connectivity index (χ2n) is 4.67. The molecule has 0 aliphatic heterocycles. The number of carbonyl (C=O) groups excluding carboxylic acids is 1. The molecule has 0 bridgehead atoms. The van der Waals surface area contributed by atoms with Crippen molar-refractivity contribution in [1.82, 2.24) is 5.32 Å². The standard InChI is InChI=1S/C12H21NO4/c1-3-8(2)17-7-11(14)13-10(12(15)16)6-9-4-5-9/h8-10H,3-7H2,1-2H3,(H,13,14)(H,15,16). The fraction of sp³-hybridized carbons (Fsp3) is 0.833. The molecule has 1 rings (SSSR count). The number of ether oxygens (including phenoxy) is 1. The summed E-state index contributed by atoms with van der Waals surface area (Å²) in [6.07, 6.45) is 3.53. The van der Waals surface area contributed by atoms with Crippen LogP contribution in [0.5, 0.6) is 0 Å². The molecule has 5 nitrogen and oxygen atoms in total. The summed E-state index contributed by atoms with van der Waals surface area (Å²) in [4.78, 5) is 22.4. The molecule has 1 aliphatic rings. The molecule has 17 heavy (non-hydrogen) atoms. The number of nitrogens with one attached hydrogen (secondary N) is 1. The lowest BCUT2D eigenvalue weighted by molar-refractivity contribution is -0.143. The van der Waals surface area contributed by atoms with Gasteiger partial charge in [-0.1, -0.05) is 19.8 Å². The highest BCUT2D eigenvalue weighted by atomic mass is 16.5. The predicted molar refractivity (Wildman–Crippen MR) is 62.6 cm³/mol. The Morgan fingerprint density at radius 3 is 2.59 bits per heavy atom. The van der Waals surface area contributed by atoms with Crippen molar-refractivity contribution in [2.45, 2.75) is 51.7 Å². The molecule has 1 saturated carbocycles. The van der Waals surface area contributed by atoms with E-state index in [4.69, 9.17) is 9.84 Å². The van der Waals surface area contributed by atoms with Crippen LogP contribution < -0.4 is 5.32 Å². The lowest BCUT2D eigenvalue weighted by Gasteiger charge is -2.15. The van der Waals surface area contributed by atoms with Crippen molar-refractivity contribution >= 4 is 11.9 Å². The Hall–Kier alpha value is -1.10. The summed E-state index contributed by atoms with van der Waals surface area (Å²) in [6, 6.07) is -0.768. The zero-order chi connectivity index (χ0) is 12.8. The zero-order valence-corrected chi connectivity index (χ0v) is 10.4. The average molecular weight is 243 g/mol. The minimum Gasteiger partial charge on any atom is -0.480 e. The molecular weight excluding hydrogens is 222 g/mol. The molecule has 1 amide bonds. The van der Waals surface area contributed by atoms with E-state index in [0.717, 1.165) is 19.3 Å². The fourth-order valence-electron chi connectivity index (χ4n) is 1.48. The predicted octanol–water partition coefficient (Wildman–Crippen LogP) is 1.17. The topological polar surface area (TPSA) is 75.6 Å². The van der Waals surface area contributed by atoms with Gasteiger partial charge in [0, 0.05) is 0 Å². The van der Waals surface area contributed by atoms with Gasteiger partial charge < -0.3 is 15.2 Å². The largest absolute Gasteiger partial charge is 0.480 e. The Balaban J connectivity index is 2.27. The molecule has 5 heteroatoms. The van der Waals surface area contributed by atoms with Crippen molar-refractivity contribution in [1.29, 1.82) is 0 Å². The van der Waals surface area contributed by atoms with Crippen molar-refractivity contribution in [3.63, 3.8) is 0 Å². The van der Waals surface area contributed by atoms with E-state index in [1.807, 2.05) is 13.8 Å². The van der Waals surface area contributed by atoms with Crippen LogP contribution >= 0.6 is 0 Å². The number of rotatable bonds is 8. The molecule has 0 saturated heterocycles. The maximum Gasteiger partial charge on any atom is 0.326 e. The smallest absolute Gasteiger partial charge is 0.326 e. The highest BCUT2D eigenvalue weighted by molar-refractivity contribution is 5.84. The van der Waals surface area contributed by atoms with Crippen molar-refractivity contribution in [3.05, 3.63) is 0 Å². The van der Waals surface area contributed by atoms with E-state index in [0.29, 0.717) is 12.3 Å². The minimum absolute atomic E-state index is 0.0208. The van der Waals surface area contributed by atoms with Gasteiger partial charge in [-0.05, 0) is 25.7 Å². The summed E-state index contributed by atoms with van der Waals surface area (Å²) in [5.74, 6) is -0.848. The van der Waals surface area contributed by atoms with Gasteiger partial charge in [0.15, 0.2) is 0 Å². The first-order valence-corrected chi connectivity index (χ1v) is 6.16. The van der Waals surface area contributed by atoms with E-state index in [9.17, 15) is 9.59 Å². The van der Waals surface area contributed by atoms with Gasteiger partial charge in [-0.15, -0.1) is 0 Å². The number of hydrogen-bond acceptors (Lipinski definition) is 3. The van der Waals surface area contributed by atoms with E-state index >= 15 is 0 Å². The lowest BCUT2D eigenvalue weighted by atomic mass is 10.1. The van der Waals surface area contributed by atoms with Crippen LogP contribution in [0.15, 0.2) is 0 Å². The van der Waals surface area contributed by atoms with Crippen LogP contribution in [0, 0.1) is 5.92 Å². The molecule has 0 heterocycles. The van der Waals surface area contributed by atoms with E-state index in [1.54, 1.807) is 0 Å². The lowest BCUT2D eigenvalue weighted by Crippen LogP contribution is -2.43. The number of amides is 1. The average Bonchev–Trinajstić information content (AvgIpc) is 3.08. The molecule has 0 aromatic heterocycles. The molecule has 2 atom stereocenters. The highest BCUT2D eigenvalue weighted by Crippen LogP contribution is 2.33. The van der Waals surface area contributed by atoms with Gasteiger partial charge in [-0.25, -0.2) is 4.79 Å². The Kier molecular flexibility index (Phi) is 5.41. The molecule has 1 aliphatic carbocycles. The Labute approximate surface area is 102 Å². The zero-order valence-electron chi connectivity index (χ0n) is 10.4. The molecule has 2 N–H and O–H groups in total. The molecule has 0 spiro atoms. The third kappa shape index (κ3) is 5.68. The van der Waals surface area contributed by atoms with Gasteiger partial charge >= 0.3 is 5.97 Å². The summed E-state index contributed by atoms with van der Waals surface area (Å²) in [6.45, 7) is 3.78. The number of hydrogen-bond donors (Lipinski definition) is 2. The molecule has 0 aromatic carbocycles. The Bertz CT molecular complexity index is 276. The Morgan fingerprint density at radius 1 is 1.47 bits per heavy atom. The monoisotopic (exact) mass is 243 g/mol. The second kappa shape index (κ2) is 6.59. The molecule has 2 unspecified atom stereocenters. The van der Waals surface area contributed by atoms with Crippen molar-refractivity contribution in [2.75, 3.05) is 6.61 Å². The van der Waals surface area contributed by atoms with Crippen LogP contribution in [0.1, 0.15) is 39.5 Å². The van der Waals surface area contributed by atoms with Crippen LogP contribution in [0.2, 0.25) is 0 Å². The number of carboxylic acids is 1. The van der Waals surface area contributed by atoms with Crippen LogP contribution in [0.4, 0.5) is 0 Å². The molecule has 1 fully saturated rings. The van der Waals surface area contributed by atoms with E-state index < -0.39 is 12.0 Å². The first-order valence-electron chi connectivity index (χ1n) is 6.16. The Morgan fingerprint density at radius 2 is 2.12 bits per heavy atom. The van der Waals surface area contributed by atoms with Gasteiger partial charge in [0.2, 0.25) is 5.91 Å². The number of carbonyl (C=O) groups is 2. The SMILES string of the molecule is CCC(C)OCC(=O)NC(CC1CC1)C(=O)O. The maximum absolute atomic E-state index is 11.5. The first-order chi connectivity index (χ1) is 8.02. The van der Waals surface area contributed by atoms with E-state index in [1.165, 1.54) is 0 Å². The summed E-state index contributed by atoms with van der Waals surface area (Å²) < 4.78 is 5.25. The van der Waals surface area contributed by atoms with Gasteiger partial charge in [-0.2, -0.15) is 0 Å². The van der Waals surface area contributed by atoms with Gasteiger partial charge in [0.1, 0.15) is 12.6 Å². The molecule has 98 valence electrons. The van der Waals surface area contributed by atoms with Crippen molar-refractivity contribution in [3.8, 4) is 0 Å². The fourth-order valence-corrected chi connectivity index (χ4v) is 1.48. The van der Waals surface area contributed by atoms with Crippen LogP contribution in [-0.2, 0) is 14.3 Å². The summed E-state index contributed by atoms with van der Waals surface area (Å²) in [5, 5.41) is 11.5. The van der Waals surface area contributed by atoms with Crippen molar-refractivity contribution < 1.29 is 19.4 Å². The third-order valence-corrected chi connectivity index (χ3v) is 2.97. The van der Waals surface area contributed by atoms with Gasteiger partial charge in [-0.3, -0.25) is 4.79 Å². The summed E-state index contributed by atoms with van der Waals surface area (Å²) in [5.41, 5.74) is 0. The summed E-state index contributed by atoms with van der Waals surface area (Å²) >= 11 is 0. The van der Waals surface area contributed by atoms with Crippen LogP contribution in [0.3, 0.4) is 0 Å². The molecule has 0 radical (unpaired) electrons. The van der Waals surface area contributed by atoms with Crippen LogP contribution in [0.25, 0.3) is 0 Å². The summed E-state index contributed by atoms with van der Waals surface area (Å²) in [7, 11) is 0. The minimum atomic E-state index is -0.964. The van der Waals surface area contributed by atoms with Crippen molar-refractivity contribution in [2.24, 2.45) is 5.92 Å². The van der Waals surface area contributed by atoms with E-state index in [-0.39, 0.29) is 18.6 Å². The van der Waals surface area contributed by atoms with E-state index in [2.05, 4.69) is 5.32 Å². The normalized spacial score (nSPS) is 18.5. The van der Waals surface area contributed by atoms with Crippen LogP contribution in [-0.4, -0.2) is 35.7 Å². The third-order valence-electron chi connectivity index (χ3n) is 2.97. The van der Waals surface area contributed by atoms with Gasteiger partial charge in [0.25, 0.3) is 0 Å². The number of aliphatic carboxylic acids is 1.